The lowest BCUT2D eigenvalue weighted by Gasteiger charge is -2.09. The van der Waals surface area contributed by atoms with Crippen molar-refractivity contribution in [2.45, 2.75) is 33.1 Å². The number of amides is 1. The van der Waals surface area contributed by atoms with Gasteiger partial charge in [0.05, 0.1) is 6.61 Å². The molecular weight excluding hydrogens is 214 g/mol. The van der Waals surface area contributed by atoms with E-state index in [9.17, 15) is 4.79 Å². The van der Waals surface area contributed by atoms with Gasteiger partial charge in [-0.1, -0.05) is 20.3 Å². The number of ether oxygens (including phenoxy) is 1. The standard InChI is InChI=1S/C11H22ClNO2/c1-3-10(2)9-11(14)13-6-4-7-15-8-5-12/h10H,3-9H2,1-2H3,(H,13,14). The molecule has 15 heavy (non-hydrogen) atoms. The van der Waals surface area contributed by atoms with Crippen molar-refractivity contribution in [3.63, 3.8) is 0 Å². The van der Waals surface area contributed by atoms with Crippen molar-refractivity contribution < 1.29 is 9.53 Å². The Hall–Kier alpha value is -0.280. The third-order valence-corrected chi connectivity index (χ3v) is 2.39. The van der Waals surface area contributed by atoms with Crippen LogP contribution >= 0.6 is 11.6 Å². The fourth-order valence-electron chi connectivity index (χ4n) is 1.09. The summed E-state index contributed by atoms with van der Waals surface area (Å²) in [5.74, 6) is 1.14. The molecule has 0 bridgehead atoms. The average Bonchev–Trinajstić information content (AvgIpc) is 2.23. The number of alkyl halides is 1. The summed E-state index contributed by atoms with van der Waals surface area (Å²) in [5.41, 5.74) is 0. The minimum absolute atomic E-state index is 0.140. The molecule has 0 saturated carbocycles. The number of hydrogen-bond acceptors (Lipinski definition) is 2. The van der Waals surface area contributed by atoms with Gasteiger partial charge < -0.3 is 10.1 Å². The molecule has 0 aliphatic carbocycles. The highest BCUT2D eigenvalue weighted by Gasteiger charge is 2.05. The van der Waals surface area contributed by atoms with E-state index in [0.717, 1.165) is 12.8 Å². The first kappa shape index (κ1) is 14.7. The zero-order valence-corrected chi connectivity index (χ0v) is 10.5. The van der Waals surface area contributed by atoms with E-state index in [4.69, 9.17) is 16.3 Å². The fraction of sp³-hybridized carbons (Fsp3) is 0.909. The molecule has 0 heterocycles. The maximum absolute atomic E-state index is 11.3. The van der Waals surface area contributed by atoms with Crippen LogP contribution in [0.3, 0.4) is 0 Å². The minimum atomic E-state index is 0.140. The third-order valence-electron chi connectivity index (χ3n) is 2.24. The number of nitrogens with one attached hydrogen (secondary N) is 1. The molecule has 0 fully saturated rings. The molecule has 1 amide bonds. The van der Waals surface area contributed by atoms with Gasteiger partial charge in [-0.25, -0.2) is 0 Å². The third kappa shape index (κ3) is 10.0. The van der Waals surface area contributed by atoms with Gasteiger partial charge in [0.1, 0.15) is 0 Å². The second-order valence-corrected chi connectivity index (χ2v) is 4.10. The van der Waals surface area contributed by atoms with Crippen LogP contribution in [-0.4, -0.2) is 31.5 Å². The Kier molecular flexibility index (Phi) is 10.1. The Morgan fingerprint density at radius 3 is 2.80 bits per heavy atom. The Bertz CT molecular complexity index is 165. The lowest BCUT2D eigenvalue weighted by Crippen LogP contribution is -2.26. The first-order valence-electron chi connectivity index (χ1n) is 5.61. The summed E-state index contributed by atoms with van der Waals surface area (Å²) in [5, 5.41) is 2.87. The van der Waals surface area contributed by atoms with E-state index >= 15 is 0 Å². The van der Waals surface area contributed by atoms with Crippen LogP contribution in [0.4, 0.5) is 0 Å². The summed E-state index contributed by atoms with van der Waals surface area (Å²) in [6.07, 6.45) is 2.52. The molecular formula is C11H22ClNO2. The number of rotatable bonds is 9. The van der Waals surface area contributed by atoms with Crippen LogP contribution in [0.15, 0.2) is 0 Å². The van der Waals surface area contributed by atoms with Gasteiger partial charge in [0.2, 0.25) is 5.91 Å². The molecule has 0 spiro atoms. The van der Waals surface area contributed by atoms with Crippen LogP contribution in [0.1, 0.15) is 33.1 Å². The van der Waals surface area contributed by atoms with Crippen molar-refractivity contribution in [2.75, 3.05) is 25.6 Å². The molecule has 1 N–H and O–H groups in total. The molecule has 0 aromatic carbocycles. The van der Waals surface area contributed by atoms with Gasteiger partial charge in [-0.05, 0) is 12.3 Å². The summed E-state index contributed by atoms with van der Waals surface area (Å²) in [4.78, 5) is 11.3. The van der Waals surface area contributed by atoms with Crippen LogP contribution in [-0.2, 0) is 9.53 Å². The van der Waals surface area contributed by atoms with Crippen molar-refractivity contribution in [3.8, 4) is 0 Å². The maximum atomic E-state index is 11.3. The van der Waals surface area contributed by atoms with Crippen LogP contribution in [0, 0.1) is 5.92 Å². The molecule has 0 radical (unpaired) electrons. The van der Waals surface area contributed by atoms with E-state index in [-0.39, 0.29) is 5.91 Å². The Labute approximate surface area is 97.5 Å². The molecule has 0 aromatic rings. The van der Waals surface area contributed by atoms with E-state index in [1.54, 1.807) is 0 Å². The average molecular weight is 236 g/mol. The fourth-order valence-corrected chi connectivity index (χ4v) is 1.20. The summed E-state index contributed by atoms with van der Waals surface area (Å²) in [7, 11) is 0. The predicted molar refractivity (Wildman–Crippen MR) is 63.2 cm³/mol. The second kappa shape index (κ2) is 10.2. The predicted octanol–water partition coefficient (Wildman–Crippen LogP) is 2.18. The van der Waals surface area contributed by atoms with Gasteiger partial charge in [0, 0.05) is 25.5 Å². The van der Waals surface area contributed by atoms with Gasteiger partial charge in [0.25, 0.3) is 0 Å². The SMILES string of the molecule is CCC(C)CC(=O)NCCCOCCCl. The van der Waals surface area contributed by atoms with Gasteiger partial charge in [0.15, 0.2) is 0 Å². The summed E-state index contributed by atoms with van der Waals surface area (Å²) in [6.45, 7) is 6.12. The van der Waals surface area contributed by atoms with Gasteiger partial charge in [-0.2, -0.15) is 0 Å². The van der Waals surface area contributed by atoms with E-state index < -0.39 is 0 Å². The molecule has 4 heteroatoms. The molecule has 1 unspecified atom stereocenters. The Morgan fingerprint density at radius 2 is 2.20 bits per heavy atom. The number of carbonyl (C=O) groups excluding carboxylic acids is 1. The quantitative estimate of drug-likeness (QED) is 0.492. The van der Waals surface area contributed by atoms with Crippen molar-refractivity contribution in [1.29, 1.82) is 0 Å². The molecule has 0 aromatic heterocycles. The minimum Gasteiger partial charge on any atom is -0.380 e. The van der Waals surface area contributed by atoms with E-state index in [0.29, 0.717) is 38.0 Å². The highest BCUT2D eigenvalue weighted by Crippen LogP contribution is 2.05. The van der Waals surface area contributed by atoms with E-state index in [1.807, 2.05) is 0 Å². The van der Waals surface area contributed by atoms with Gasteiger partial charge in [-0.15, -0.1) is 11.6 Å². The van der Waals surface area contributed by atoms with Gasteiger partial charge in [-0.3, -0.25) is 4.79 Å². The monoisotopic (exact) mass is 235 g/mol. The number of carbonyl (C=O) groups is 1. The van der Waals surface area contributed by atoms with E-state index in [1.165, 1.54) is 0 Å². The first-order valence-corrected chi connectivity index (χ1v) is 6.14. The van der Waals surface area contributed by atoms with Crippen LogP contribution in [0.5, 0.6) is 0 Å². The molecule has 0 aliphatic heterocycles. The number of halogens is 1. The summed E-state index contributed by atoms with van der Waals surface area (Å²) in [6, 6.07) is 0. The normalized spacial score (nSPS) is 12.5. The smallest absolute Gasteiger partial charge is 0.220 e. The highest BCUT2D eigenvalue weighted by molar-refractivity contribution is 6.17. The molecule has 3 nitrogen and oxygen atoms in total. The van der Waals surface area contributed by atoms with Crippen molar-refractivity contribution >= 4 is 17.5 Å². The highest BCUT2D eigenvalue weighted by atomic mass is 35.5. The lowest BCUT2D eigenvalue weighted by molar-refractivity contribution is -0.121. The molecule has 0 rings (SSSR count). The first-order chi connectivity index (χ1) is 7.20. The largest absolute Gasteiger partial charge is 0.380 e. The summed E-state index contributed by atoms with van der Waals surface area (Å²) < 4.78 is 5.18. The molecule has 0 saturated heterocycles. The molecule has 1 atom stereocenters. The zero-order chi connectivity index (χ0) is 11.5. The van der Waals surface area contributed by atoms with Crippen LogP contribution in [0.25, 0.3) is 0 Å². The van der Waals surface area contributed by atoms with Gasteiger partial charge >= 0.3 is 0 Å². The Balaban J connectivity index is 3.24. The topological polar surface area (TPSA) is 38.3 Å². The van der Waals surface area contributed by atoms with Crippen molar-refractivity contribution in [2.24, 2.45) is 5.92 Å². The zero-order valence-electron chi connectivity index (χ0n) is 9.72. The van der Waals surface area contributed by atoms with Crippen LogP contribution in [0.2, 0.25) is 0 Å². The second-order valence-electron chi connectivity index (χ2n) is 3.72. The molecule has 0 aliphatic rings. The molecule has 90 valence electrons. The van der Waals surface area contributed by atoms with Crippen molar-refractivity contribution in [1.82, 2.24) is 5.32 Å². The van der Waals surface area contributed by atoms with Crippen LogP contribution < -0.4 is 5.32 Å². The Morgan fingerprint density at radius 1 is 1.47 bits per heavy atom. The summed E-state index contributed by atoms with van der Waals surface area (Å²) >= 11 is 5.44. The number of hydrogen-bond donors (Lipinski definition) is 1. The van der Waals surface area contributed by atoms with E-state index in [2.05, 4.69) is 19.2 Å². The van der Waals surface area contributed by atoms with Crippen molar-refractivity contribution in [3.05, 3.63) is 0 Å². The lowest BCUT2D eigenvalue weighted by atomic mass is 10.1. The maximum Gasteiger partial charge on any atom is 0.220 e.